The molecule has 0 aromatic rings. The number of nitrogens with two attached hydrogens (primary N) is 1. The molecule has 0 aromatic heterocycles. The predicted molar refractivity (Wildman–Crippen MR) is 50.4 cm³/mol. The first-order valence-corrected chi connectivity index (χ1v) is 4.85. The van der Waals surface area contributed by atoms with Gasteiger partial charge in [0.1, 0.15) is 0 Å². The maximum Gasteiger partial charge on any atom is 0.0113 e. The molecular weight excluding hydrogens is 142 g/mol. The zero-order valence-corrected chi connectivity index (χ0v) is 7.66. The van der Waals surface area contributed by atoms with Crippen molar-refractivity contribution >= 4 is 11.8 Å². The highest BCUT2D eigenvalue weighted by Gasteiger charge is 1.96. The standard InChI is InChI=1S/C8H17NS/c1-3-4-5-10-7-8(2)6-9/h3-4,8H,5-7,9H2,1-2H3. The van der Waals surface area contributed by atoms with E-state index in [0.717, 1.165) is 12.3 Å². The zero-order valence-electron chi connectivity index (χ0n) is 6.84. The normalized spacial score (nSPS) is 14.3. The van der Waals surface area contributed by atoms with Crippen molar-refractivity contribution in [1.82, 2.24) is 0 Å². The molecule has 1 atom stereocenters. The second-order valence-electron chi connectivity index (χ2n) is 2.45. The van der Waals surface area contributed by atoms with E-state index in [1.807, 2.05) is 18.7 Å². The summed E-state index contributed by atoms with van der Waals surface area (Å²) in [5.74, 6) is 2.97. The Labute approximate surface area is 68.1 Å². The maximum absolute atomic E-state index is 5.46. The second-order valence-corrected chi connectivity index (χ2v) is 3.52. The van der Waals surface area contributed by atoms with Gasteiger partial charge in [-0.3, -0.25) is 0 Å². The first kappa shape index (κ1) is 10.0. The lowest BCUT2D eigenvalue weighted by atomic mass is 10.2. The van der Waals surface area contributed by atoms with Crippen LogP contribution in [0.1, 0.15) is 13.8 Å². The zero-order chi connectivity index (χ0) is 7.82. The number of thioether (sulfide) groups is 1. The van der Waals surface area contributed by atoms with Crippen LogP contribution in [0.5, 0.6) is 0 Å². The Hall–Kier alpha value is 0.0500. The third-order valence-corrected chi connectivity index (χ3v) is 2.49. The van der Waals surface area contributed by atoms with Gasteiger partial charge < -0.3 is 5.73 Å². The molecule has 0 saturated carbocycles. The van der Waals surface area contributed by atoms with Gasteiger partial charge in [-0.15, -0.1) is 0 Å². The smallest absolute Gasteiger partial charge is 0.0113 e. The summed E-state index contributed by atoms with van der Waals surface area (Å²) < 4.78 is 0. The van der Waals surface area contributed by atoms with Gasteiger partial charge in [0.15, 0.2) is 0 Å². The minimum Gasteiger partial charge on any atom is -0.330 e. The molecule has 1 unspecified atom stereocenters. The van der Waals surface area contributed by atoms with Gasteiger partial charge in [0.05, 0.1) is 0 Å². The second kappa shape index (κ2) is 7.16. The van der Waals surface area contributed by atoms with E-state index in [4.69, 9.17) is 5.73 Å². The van der Waals surface area contributed by atoms with Crippen LogP contribution < -0.4 is 5.73 Å². The number of rotatable bonds is 5. The van der Waals surface area contributed by atoms with Crippen LogP contribution >= 0.6 is 11.8 Å². The molecule has 0 fully saturated rings. The molecule has 1 nitrogen and oxygen atoms in total. The van der Waals surface area contributed by atoms with Crippen molar-refractivity contribution in [2.24, 2.45) is 11.7 Å². The highest BCUT2D eigenvalue weighted by Crippen LogP contribution is 2.06. The van der Waals surface area contributed by atoms with Gasteiger partial charge in [0.2, 0.25) is 0 Å². The van der Waals surface area contributed by atoms with Crippen molar-refractivity contribution in [3.05, 3.63) is 12.2 Å². The highest BCUT2D eigenvalue weighted by molar-refractivity contribution is 7.99. The van der Waals surface area contributed by atoms with E-state index in [1.165, 1.54) is 5.75 Å². The molecule has 2 heteroatoms. The SMILES string of the molecule is CC=CCSCC(C)CN. The Morgan fingerprint density at radius 3 is 2.80 bits per heavy atom. The van der Waals surface area contributed by atoms with E-state index >= 15 is 0 Å². The molecule has 0 amide bonds. The molecule has 0 aliphatic heterocycles. The molecule has 0 aliphatic rings. The number of hydrogen-bond acceptors (Lipinski definition) is 2. The van der Waals surface area contributed by atoms with Crippen LogP contribution in [0.2, 0.25) is 0 Å². The van der Waals surface area contributed by atoms with Crippen molar-refractivity contribution in [1.29, 1.82) is 0 Å². The fraction of sp³-hybridized carbons (Fsp3) is 0.750. The van der Waals surface area contributed by atoms with Gasteiger partial charge >= 0.3 is 0 Å². The molecule has 0 aliphatic carbocycles. The van der Waals surface area contributed by atoms with Gasteiger partial charge in [0.25, 0.3) is 0 Å². The van der Waals surface area contributed by atoms with Crippen LogP contribution in [0.15, 0.2) is 12.2 Å². The van der Waals surface area contributed by atoms with Crippen LogP contribution in [0, 0.1) is 5.92 Å². The molecule has 0 bridgehead atoms. The number of hydrogen-bond donors (Lipinski definition) is 1. The van der Waals surface area contributed by atoms with Gasteiger partial charge in [-0.25, -0.2) is 0 Å². The topological polar surface area (TPSA) is 26.0 Å². The van der Waals surface area contributed by atoms with Gasteiger partial charge in [-0.1, -0.05) is 19.1 Å². The lowest BCUT2D eigenvalue weighted by molar-refractivity contribution is 0.676. The van der Waals surface area contributed by atoms with Gasteiger partial charge in [0, 0.05) is 5.75 Å². The Balaban J connectivity index is 3.03. The first-order valence-electron chi connectivity index (χ1n) is 3.70. The van der Waals surface area contributed by atoms with E-state index in [0.29, 0.717) is 5.92 Å². The first-order chi connectivity index (χ1) is 4.81. The third-order valence-electron chi connectivity index (χ3n) is 1.25. The Bertz CT molecular complexity index is 91.3. The highest BCUT2D eigenvalue weighted by atomic mass is 32.2. The van der Waals surface area contributed by atoms with E-state index in [-0.39, 0.29) is 0 Å². The summed E-state index contributed by atoms with van der Waals surface area (Å²) in [5, 5.41) is 0. The van der Waals surface area contributed by atoms with Crippen LogP contribution in [-0.4, -0.2) is 18.1 Å². The Kier molecular flexibility index (Phi) is 7.20. The summed E-state index contributed by atoms with van der Waals surface area (Å²) in [6.45, 7) is 5.04. The molecular formula is C8H17NS. The van der Waals surface area contributed by atoms with Gasteiger partial charge in [-0.05, 0) is 25.1 Å². The minimum atomic E-state index is 0.662. The van der Waals surface area contributed by atoms with E-state index in [2.05, 4.69) is 19.1 Å². The largest absolute Gasteiger partial charge is 0.330 e. The summed E-state index contributed by atoms with van der Waals surface area (Å²) >= 11 is 1.94. The molecule has 0 radical (unpaired) electrons. The molecule has 0 saturated heterocycles. The van der Waals surface area contributed by atoms with Crippen molar-refractivity contribution in [3.8, 4) is 0 Å². The molecule has 0 aromatic carbocycles. The Morgan fingerprint density at radius 2 is 2.30 bits per heavy atom. The minimum absolute atomic E-state index is 0.662. The van der Waals surface area contributed by atoms with Crippen LogP contribution in [0.25, 0.3) is 0 Å². The molecule has 60 valence electrons. The van der Waals surface area contributed by atoms with Crippen LogP contribution in [0.4, 0.5) is 0 Å². The van der Waals surface area contributed by atoms with E-state index in [9.17, 15) is 0 Å². The summed E-state index contributed by atoms with van der Waals surface area (Å²) in [4.78, 5) is 0. The monoisotopic (exact) mass is 159 g/mol. The number of allylic oxidation sites excluding steroid dienone is 1. The average molecular weight is 159 g/mol. The van der Waals surface area contributed by atoms with Crippen molar-refractivity contribution in [3.63, 3.8) is 0 Å². The summed E-state index contributed by atoms with van der Waals surface area (Å²) in [6.07, 6.45) is 4.26. The van der Waals surface area contributed by atoms with Crippen molar-refractivity contribution < 1.29 is 0 Å². The Morgan fingerprint density at radius 1 is 1.60 bits per heavy atom. The van der Waals surface area contributed by atoms with Crippen molar-refractivity contribution in [2.45, 2.75) is 13.8 Å². The average Bonchev–Trinajstić information content (AvgIpc) is 1.98. The molecule has 0 rings (SSSR count). The van der Waals surface area contributed by atoms with Gasteiger partial charge in [-0.2, -0.15) is 11.8 Å². The molecule has 0 heterocycles. The lowest BCUT2D eigenvalue weighted by Crippen LogP contribution is -2.12. The van der Waals surface area contributed by atoms with Crippen molar-refractivity contribution in [2.75, 3.05) is 18.1 Å². The summed E-state index contributed by atoms with van der Waals surface area (Å²) in [6, 6.07) is 0. The maximum atomic E-state index is 5.46. The lowest BCUT2D eigenvalue weighted by Gasteiger charge is -2.04. The summed E-state index contributed by atoms with van der Waals surface area (Å²) in [7, 11) is 0. The molecule has 2 N–H and O–H groups in total. The fourth-order valence-electron chi connectivity index (χ4n) is 0.502. The fourth-order valence-corrected chi connectivity index (χ4v) is 1.50. The predicted octanol–water partition coefficient (Wildman–Crippen LogP) is 1.89. The quantitative estimate of drug-likeness (QED) is 0.490. The molecule has 0 spiro atoms. The molecule has 10 heavy (non-hydrogen) atoms. The van der Waals surface area contributed by atoms with Crippen LogP contribution in [-0.2, 0) is 0 Å². The summed E-state index contributed by atoms with van der Waals surface area (Å²) in [5.41, 5.74) is 5.46. The van der Waals surface area contributed by atoms with Crippen LogP contribution in [0.3, 0.4) is 0 Å². The third kappa shape index (κ3) is 6.17. The van der Waals surface area contributed by atoms with E-state index in [1.54, 1.807) is 0 Å². The van der Waals surface area contributed by atoms with E-state index < -0.39 is 0 Å².